The Kier molecular flexibility index (Phi) is 7.39. The predicted molar refractivity (Wildman–Crippen MR) is 72.9 cm³/mol. The number of hydrogen-bond acceptors (Lipinski definition) is 3. The van der Waals surface area contributed by atoms with Gasteiger partial charge in [-0.3, -0.25) is 4.79 Å². The molecular formula is C13H29N3O. The second kappa shape index (κ2) is 7.67. The average Bonchev–Trinajstić information content (AvgIpc) is 2.26. The van der Waals surface area contributed by atoms with Gasteiger partial charge in [-0.1, -0.05) is 20.3 Å². The van der Waals surface area contributed by atoms with Crippen LogP contribution < -0.4 is 11.1 Å². The van der Waals surface area contributed by atoms with Crippen molar-refractivity contribution in [2.75, 3.05) is 20.1 Å². The van der Waals surface area contributed by atoms with Crippen LogP contribution in [-0.2, 0) is 4.79 Å². The van der Waals surface area contributed by atoms with Crippen LogP contribution in [0.2, 0.25) is 0 Å². The molecule has 4 heteroatoms. The normalized spacial score (nSPS) is 16.8. The molecule has 4 nitrogen and oxygen atoms in total. The van der Waals surface area contributed by atoms with E-state index >= 15 is 0 Å². The van der Waals surface area contributed by atoms with E-state index in [1.165, 1.54) is 0 Å². The van der Waals surface area contributed by atoms with Crippen LogP contribution in [0.25, 0.3) is 0 Å². The Hall–Kier alpha value is -0.610. The lowest BCUT2D eigenvalue weighted by molar-refractivity contribution is -0.124. The van der Waals surface area contributed by atoms with Crippen LogP contribution in [-0.4, -0.2) is 42.5 Å². The second-order valence-electron chi connectivity index (χ2n) is 5.18. The summed E-state index contributed by atoms with van der Waals surface area (Å²) in [5.74, 6) is -0.276. The number of rotatable bonds is 9. The fourth-order valence-electron chi connectivity index (χ4n) is 1.91. The summed E-state index contributed by atoms with van der Waals surface area (Å²) in [6.07, 6.45) is 3.29. The molecule has 102 valence electrons. The van der Waals surface area contributed by atoms with Crippen molar-refractivity contribution < 1.29 is 4.79 Å². The van der Waals surface area contributed by atoms with Gasteiger partial charge in [0, 0.05) is 12.6 Å². The van der Waals surface area contributed by atoms with Gasteiger partial charge in [0.15, 0.2) is 0 Å². The van der Waals surface area contributed by atoms with Gasteiger partial charge in [0.1, 0.15) is 5.54 Å². The van der Waals surface area contributed by atoms with E-state index in [0.29, 0.717) is 12.6 Å². The number of carbonyl (C=O) groups excluding carboxylic acids is 1. The SMILES string of the molecule is CCCNC(C)(CN(C)C(C)CCC)C(N)=O. The maximum absolute atomic E-state index is 11.6. The Morgan fingerprint density at radius 1 is 1.41 bits per heavy atom. The summed E-state index contributed by atoms with van der Waals surface area (Å²) in [5, 5.41) is 3.26. The van der Waals surface area contributed by atoms with E-state index in [9.17, 15) is 4.79 Å². The first kappa shape index (κ1) is 16.4. The molecule has 1 amide bonds. The van der Waals surface area contributed by atoms with Crippen LogP contribution in [0.3, 0.4) is 0 Å². The molecule has 0 heterocycles. The number of carbonyl (C=O) groups is 1. The van der Waals surface area contributed by atoms with Crippen LogP contribution in [0.5, 0.6) is 0 Å². The van der Waals surface area contributed by atoms with Crippen molar-refractivity contribution in [2.45, 2.75) is 58.5 Å². The largest absolute Gasteiger partial charge is 0.368 e. The zero-order valence-corrected chi connectivity index (χ0v) is 12.0. The molecule has 2 atom stereocenters. The summed E-state index contributed by atoms with van der Waals surface area (Å²) in [6.45, 7) is 9.80. The third-order valence-corrected chi connectivity index (χ3v) is 3.33. The standard InChI is InChI=1S/C13H29N3O/c1-6-8-11(3)16(5)10-13(4,12(14)17)15-9-7-2/h11,15H,6-10H2,1-5H3,(H2,14,17). The first-order valence-corrected chi connectivity index (χ1v) is 6.62. The minimum Gasteiger partial charge on any atom is -0.368 e. The van der Waals surface area contributed by atoms with Gasteiger partial charge in [-0.2, -0.15) is 0 Å². The van der Waals surface area contributed by atoms with Gasteiger partial charge >= 0.3 is 0 Å². The molecule has 0 aromatic rings. The number of primary amides is 1. The molecule has 0 aliphatic carbocycles. The van der Waals surface area contributed by atoms with E-state index in [1.807, 2.05) is 6.92 Å². The van der Waals surface area contributed by atoms with E-state index in [2.05, 4.69) is 38.0 Å². The maximum atomic E-state index is 11.6. The lowest BCUT2D eigenvalue weighted by Gasteiger charge is -2.35. The molecule has 0 aliphatic rings. The molecule has 17 heavy (non-hydrogen) atoms. The number of nitrogens with one attached hydrogen (secondary N) is 1. The number of likely N-dealkylation sites (N-methyl/N-ethyl adjacent to an activating group) is 1. The van der Waals surface area contributed by atoms with Crippen LogP contribution >= 0.6 is 0 Å². The molecule has 0 spiro atoms. The molecule has 0 fully saturated rings. The van der Waals surface area contributed by atoms with Gasteiger partial charge in [0.25, 0.3) is 0 Å². The Morgan fingerprint density at radius 2 is 2.00 bits per heavy atom. The Morgan fingerprint density at radius 3 is 2.41 bits per heavy atom. The van der Waals surface area contributed by atoms with E-state index < -0.39 is 5.54 Å². The Balaban J connectivity index is 4.47. The van der Waals surface area contributed by atoms with E-state index in [1.54, 1.807) is 0 Å². The fourth-order valence-corrected chi connectivity index (χ4v) is 1.91. The zero-order chi connectivity index (χ0) is 13.5. The van der Waals surface area contributed by atoms with Crippen LogP contribution in [0, 0.1) is 0 Å². The lowest BCUT2D eigenvalue weighted by Crippen LogP contribution is -2.60. The monoisotopic (exact) mass is 243 g/mol. The highest BCUT2D eigenvalue weighted by Crippen LogP contribution is 2.11. The molecule has 0 rings (SSSR count). The molecule has 0 aromatic heterocycles. The quantitative estimate of drug-likeness (QED) is 0.643. The summed E-state index contributed by atoms with van der Waals surface area (Å²) in [6, 6.07) is 0.474. The lowest BCUT2D eigenvalue weighted by atomic mass is 9.99. The van der Waals surface area contributed by atoms with Crippen molar-refractivity contribution in [1.82, 2.24) is 10.2 Å². The molecule has 3 N–H and O–H groups in total. The van der Waals surface area contributed by atoms with Gasteiger partial charge in [0.2, 0.25) is 5.91 Å². The second-order valence-corrected chi connectivity index (χ2v) is 5.18. The summed E-state index contributed by atoms with van der Waals surface area (Å²) >= 11 is 0. The van der Waals surface area contributed by atoms with Crippen LogP contribution in [0.15, 0.2) is 0 Å². The Labute approximate surface area is 106 Å². The third-order valence-electron chi connectivity index (χ3n) is 3.33. The summed E-state index contributed by atoms with van der Waals surface area (Å²) in [4.78, 5) is 13.8. The highest BCUT2D eigenvalue weighted by Gasteiger charge is 2.32. The third kappa shape index (κ3) is 5.50. The van der Waals surface area contributed by atoms with Crippen molar-refractivity contribution in [2.24, 2.45) is 5.73 Å². The zero-order valence-electron chi connectivity index (χ0n) is 12.0. The molecule has 0 bridgehead atoms. The van der Waals surface area contributed by atoms with E-state index in [-0.39, 0.29) is 5.91 Å². The average molecular weight is 243 g/mol. The molecule has 0 aliphatic heterocycles. The van der Waals surface area contributed by atoms with E-state index in [4.69, 9.17) is 5.73 Å². The molecule has 0 saturated heterocycles. The van der Waals surface area contributed by atoms with Crippen LogP contribution in [0.1, 0.15) is 47.0 Å². The Bertz CT molecular complexity index is 233. The molecule has 0 radical (unpaired) electrons. The number of nitrogens with zero attached hydrogens (tertiary/aromatic N) is 1. The van der Waals surface area contributed by atoms with Gasteiger partial charge in [0.05, 0.1) is 0 Å². The summed E-state index contributed by atoms with van der Waals surface area (Å²) in [5.41, 5.74) is 4.87. The number of amides is 1. The van der Waals surface area contributed by atoms with Gasteiger partial charge < -0.3 is 16.0 Å². The number of nitrogens with two attached hydrogens (primary N) is 1. The van der Waals surface area contributed by atoms with Crippen molar-refractivity contribution in [1.29, 1.82) is 0 Å². The minimum absolute atomic E-state index is 0.276. The van der Waals surface area contributed by atoms with Gasteiger partial charge in [-0.25, -0.2) is 0 Å². The fraction of sp³-hybridized carbons (Fsp3) is 0.923. The summed E-state index contributed by atoms with van der Waals surface area (Å²) < 4.78 is 0. The molecule has 0 aromatic carbocycles. The first-order valence-electron chi connectivity index (χ1n) is 6.62. The van der Waals surface area contributed by atoms with Crippen molar-refractivity contribution in [3.8, 4) is 0 Å². The van der Waals surface area contributed by atoms with E-state index in [0.717, 1.165) is 25.8 Å². The van der Waals surface area contributed by atoms with Gasteiger partial charge in [-0.05, 0) is 40.3 Å². The van der Waals surface area contributed by atoms with Crippen LogP contribution in [0.4, 0.5) is 0 Å². The predicted octanol–water partition coefficient (Wildman–Crippen LogP) is 1.35. The first-order chi connectivity index (χ1) is 7.87. The molecule has 0 saturated carbocycles. The summed E-state index contributed by atoms with van der Waals surface area (Å²) in [7, 11) is 2.05. The highest BCUT2D eigenvalue weighted by atomic mass is 16.1. The van der Waals surface area contributed by atoms with Crippen molar-refractivity contribution in [3.05, 3.63) is 0 Å². The molecule has 2 unspecified atom stereocenters. The van der Waals surface area contributed by atoms with Crippen molar-refractivity contribution >= 4 is 5.91 Å². The van der Waals surface area contributed by atoms with Crippen molar-refractivity contribution in [3.63, 3.8) is 0 Å². The molecular weight excluding hydrogens is 214 g/mol. The minimum atomic E-state index is -0.632. The number of hydrogen-bond donors (Lipinski definition) is 2. The van der Waals surface area contributed by atoms with Gasteiger partial charge in [-0.15, -0.1) is 0 Å². The smallest absolute Gasteiger partial charge is 0.238 e. The highest BCUT2D eigenvalue weighted by molar-refractivity contribution is 5.84. The maximum Gasteiger partial charge on any atom is 0.238 e. The topological polar surface area (TPSA) is 58.4 Å².